The van der Waals surface area contributed by atoms with E-state index in [4.69, 9.17) is 9.84 Å². The number of aryl methyl sites for hydroxylation is 1. The summed E-state index contributed by atoms with van der Waals surface area (Å²) in [6.45, 7) is 2.45. The highest BCUT2D eigenvalue weighted by molar-refractivity contribution is 5.90. The first-order valence-electron chi connectivity index (χ1n) is 7.83. The quantitative estimate of drug-likeness (QED) is 0.729. The van der Waals surface area contributed by atoms with Crippen molar-refractivity contribution in [3.8, 4) is 5.75 Å². The molecule has 2 aromatic carbocycles. The van der Waals surface area contributed by atoms with Gasteiger partial charge in [-0.3, -0.25) is 9.59 Å². The number of nitrogens with one attached hydrogen (secondary N) is 1. The predicted octanol–water partition coefficient (Wildman–Crippen LogP) is 3.42. The van der Waals surface area contributed by atoms with E-state index in [0.717, 1.165) is 11.3 Å². The number of carbonyl (C=O) groups is 2. The smallest absolute Gasteiger partial charge is 0.307 e. The largest absolute Gasteiger partial charge is 0.493 e. The summed E-state index contributed by atoms with van der Waals surface area (Å²) < 4.78 is 5.65. The minimum Gasteiger partial charge on any atom is -0.493 e. The van der Waals surface area contributed by atoms with E-state index in [-0.39, 0.29) is 12.3 Å². The minimum absolute atomic E-state index is 0.0615. The number of para-hydroxylation sites is 1. The Labute approximate surface area is 141 Å². The van der Waals surface area contributed by atoms with Crippen LogP contribution in [0.25, 0.3) is 0 Å². The third-order valence-corrected chi connectivity index (χ3v) is 3.47. The van der Waals surface area contributed by atoms with Gasteiger partial charge in [0.25, 0.3) is 0 Å². The van der Waals surface area contributed by atoms with Gasteiger partial charge in [-0.1, -0.05) is 30.3 Å². The van der Waals surface area contributed by atoms with Crippen LogP contribution in [0.4, 0.5) is 5.69 Å². The number of carbonyl (C=O) groups excluding carboxylic acids is 1. The molecule has 0 unspecified atom stereocenters. The lowest BCUT2D eigenvalue weighted by molar-refractivity contribution is -0.136. The van der Waals surface area contributed by atoms with E-state index in [1.807, 2.05) is 31.2 Å². The maximum Gasteiger partial charge on any atom is 0.307 e. The fourth-order valence-corrected chi connectivity index (χ4v) is 2.29. The number of anilines is 1. The molecule has 0 bridgehead atoms. The lowest BCUT2D eigenvalue weighted by Crippen LogP contribution is -2.13. The van der Waals surface area contributed by atoms with Gasteiger partial charge < -0.3 is 15.2 Å². The zero-order valence-electron chi connectivity index (χ0n) is 13.6. The van der Waals surface area contributed by atoms with Crippen molar-refractivity contribution in [1.82, 2.24) is 0 Å². The zero-order chi connectivity index (χ0) is 17.4. The molecule has 0 fully saturated rings. The Kier molecular flexibility index (Phi) is 6.37. The van der Waals surface area contributed by atoms with E-state index in [1.54, 1.807) is 24.3 Å². The summed E-state index contributed by atoms with van der Waals surface area (Å²) in [5, 5.41) is 11.6. The number of carboxylic acids is 1. The Morgan fingerprint density at radius 2 is 1.92 bits per heavy atom. The lowest BCUT2D eigenvalue weighted by atomic mass is 10.1. The van der Waals surface area contributed by atoms with Gasteiger partial charge in [0, 0.05) is 12.1 Å². The molecule has 0 saturated carbocycles. The molecule has 24 heavy (non-hydrogen) atoms. The first kappa shape index (κ1) is 17.5. The van der Waals surface area contributed by atoms with Crippen LogP contribution < -0.4 is 10.1 Å². The van der Waals surface area contributed by atoms with Crippen LogP contribution >= 0.6 is 0 Å². The van der Waals surface area contributed by atoms with Crippen molar-refractivity contribution >= 4 is 17.6 Å². The fraction of sp³-hybridized carbons (Fsp3) is 0.263. The van der Waals surface area contributed by atoms with Crippen LogP contribution in [0, 0.1) is 6.92 Å². The summed E-state index contributed by atoms with van der Waals surface area (Å²) in [5.74, 6) is -0.179. The summed E-state index contributed by atoms with van der Waals surface area (Å²) in [6, 6.07) is 14.6. The summed E-state index contributed by atoms with van der Waals surface area (Å²) in [4.78, 5) is 22.7. The molecular formula is C19H21NO4. The van der Waals surface area contributed by atoms with Crippen LogP contribution in [0.1, 0.15) is 24.0 Å². The van der Waals surface area contributed by atoms with Crippen molar-refractivity contribution in [2.45, 2.75) is 26.2 Å². The topological polar surface area (TPSA) is 75.6 Å². The van der Waals surface area contributed by atoms with Crippen LogP contribution in [0.2, 0.25) is 0 Å². The Hall–Kier alpha value is -2.82. The van der Waals surface area contributed by atoms with Crippen molar-refractivity contribution in [3.63, 3.8) is 0 Å². The van der Waals surface area contributed by atoms with Crippen molar-refractivity contribution in [1.29, 1.82) is 0 Å². The molecule has 2 aromatic rings. The van der Waals surface area contributed by atoms with E-state index in [9.17, 15) is 9.59 Å². The van der Waals surface area contributed by atoms with E-state index < -0.39 is 5.97 Å². The molecule has 126 valence electrons. The first-order chi connectivity index (χ1) is 11.5. The number of benzene rings is 2. The van der Waals surface area contributed by atoms with Crippen LogP contribution in [0.5, 0.6) is 5.75 Å². The summed E-state index contributed by atoms with van der Waals surface area (Å²) >= 11 is 0. The Morgan fingerprint density at radius 1 is 1.12 bits per heavy atom. The molecule has 0 aliphatic carbocycles. The molecular weight excluding hydrogens is 306 g/mol. The van der Waals surface area contributed by atoms with Crippen LogP contribution in [-0.4, -0.2) is 23.6 Å². The van der Waals surface area contributed by atoms with Gasteiger partial charge in [0.05, 0.1) is 13.0 Å². The van der Waals surface area contributed by atoms with Gasteiger partial charge in [0.15, 0.2) is 0 Å². The standard InChI is InChI=1S/C19H21NO4/c1-14-6-2-3-9-17(14)24-11-5-10-18(21)20-16-8-4-7-15(12-16)13-19(22)23/h2-4,6-9,12H,5,10-11,13H2,1H3,(H,20,21)(H,22,23). The summed E-state index contributed by atoms with van der Waals surface area (Å²) in [7, 11) is 0. The fourth-order valence-electron chi connectivity index (χ4n) is 2.29. The molecule has 5 nitrogen and oxygen atoms in total. The van der Waals surface area contributed by atoms with E-state index in [1.165, 1.54) is 0 Å². The van der Waals surface area contributed by atoms with Gasteiger partial charge in [-0.2, -0.15) is 0 Å². The van der Waals surface area contributed by atoms with Gasteiger partial charge in [0.2, 0.25) is 5.91 Å². The molecule has 0 radical (unpaired) electrons. The second kappa shape index (κ2) is 8.72. The molecule has 0 atom stereocenters. The second-order valence-electron chi connectivity index (χ2n) is 5.54. The number of hydrogen-bond acceptors (Lipinski definition) is 3. The number of hydrogen-bond donors (Lipinski definition) is 2. The van der Waals surface area contributed by atoms with Crippen LogP contribution in [-0.2, 0) is 16.0 Å². The maximum atomic E-state index is 11.9. The molecule has 0 heterocycles. The number of carboxylic acid groups (broad SMARTS) is 1. The van der Waals surface area contributed by atoms with E-state index in [2.05, 4.69) is 5.32 Å². The summed E-state index contributed by atoms with van der Waals surface area (Å²) in [5.41, 5.74) is 2.33. The highest BCUT2D eigenvalue weighted by Crippen LogP contribution is 2.16. The number of aliphatic carboxylic acids is 1. The highest BCUT2D eigenvalue weighted by Gasteiger charge is 2.05. The summed E-state index contributed by atoms with van der Waals surface area (Å²) in [6.07, 6.45) is 0.887. The molecule has 0 spiro atoms. The van der Waals surface area contributed by atoms with Crippen molar-refractivity contribution in [3.05, 3.63) is 59.7 Å². The second-order valence-corrected chi connectivity index (χ2v) is 5.54. The van der Waals surface area contributed by atoms with Gasteiger partial charge >= 0.3 is 5.97 Å². The van der Waals surface area contributed by atoms with Gasteiger partial charge in [-0.25, -0.2) is 0 Å². The average Bonchev–Trinajstić information content (AvgIpc) is 2.53. The monoisotopic (exact) mass is 327 g/mol. The van der Waals surface area contributed by atoms with Gasteiger partial charge in [-0.15, -0.1) is 0 Å². The lowest BCUT2D eigenvalue weighted by Gasteiger charge is -2.09. The molecule has 0 aliphatic heterocycles. The maximum absolute atomic E-state index is 11.9. The van der Waals surface area contributed by atoms with Gasteiger partial charge in [0.1, 0.15) is 5.75 Å². The van der Waals surface area contributed by atoms with Crippen molar-refractivity contribution in [2.24, 2.45) is 0 Å². The SMILES string of the molecule is Cc1ccccc1OCCCC(=O)Nc1cccc(CC(=O)O)c1. The zero-order valence-corrected chi connectivity index (χ0v) is 13.6. The van der Waals surface area contributed by atoms with Gasteiger partial charge in [-0.05, 0) is 42.7 Å². The van der Waals surface area contributed by atoms with E-state index in [0.29, 0.717) is 30.7 Å². The first-order valence-corrected chi connectivity index (χ1v) is 7.83. The molecule has 0 aromatic heterocycles. The molecule has 2 rings (SSSR count). The third-order valence-electron chi connectivity index (χ3n) is 3.47. The van der Waals surface area contributed by atoms with Crippen LogP contribution in [0.3, 0.4) is 0 Å². The molecule has 5 heteroatoms. The predicted molar refractivity (Wildman–Crippen MR) is 92.3 cm³/mol. The minimum atomic E-state index is -0.896. The van der Waals surface area contributed by atoms with E-state index >= 15 is 0 Å². The van der Waals surface area contributed by atoms with Crippen LogP contribution in [0.15, 0.2) is 48.5 Å². The Bertz CT molecular complexity index is 712. The number of amides is 1. The molecule has 1 amide bonds. The number of ether oxygens (including phenoxy) is 1. The highest BCUT2D eigenvalue weighted by atomic mass is 16.5. The molecule has 2 N–H and O–H groups in total. The van der Waals surface area contributed by atoms with Crippen molar-refractivity contribution < 1.29 is 19.4 Å². The van der Waals surface area contributed by atoms with Crippen molar-refractivity contribution in [2.75, 3.05) is 11.9 Å². The molecule has 0 aliphatic rings. The Balaban J connectivity index is 1.75. The molecule has 0 saturated heterocycles. The Morgan fingerprint density at radius 3 is 2.67 bits per heavy atom. The third kappa shape index (κ3) is 5.76. The number of rotatable bonds is 8. The normalized spacial score (nSPS) is 10.2. The average molecular weight is 327 g/mol.